The van der Waals surface area contributed by atoms with Gasteiger partial charge in [-0.05, 0) is 50.5 Å². The molecule has 0 spiro atoms. The number of benzene rings is 2. The van der Waals surface area contributed by atoms with Crippen LogP contribution >= 0.6 is 0 Å². The first-order valence-corrected chi connectivity index (χ1v) is 8.71. The van der Waals surface area contributed by atoms with Crippen LogP contribution in [0.4, 0.5) is 0 Å². The van der Waals surface area contributed by atoms with Crippen molar-refractivity contribution in [2.45, 2.75) is 52.8 Å². The van der Waals surface area contributed by atoms with Crippen molar-refractivity contribution < 1.29 is 9.47 Å². The van der Waals surface area contributed by atoms with Crippen LogP contribution in [0.2, 0.25) is 0 Å². The Hall–Kier alpha value is -2.00. The van der Waals surface area contributed by atoms with Crippen LogP contribution in [0.5, 0.6) is 11.5 Å². The van der Waals surface area contributed by atoms with Gasteiger partial charge in [-0.25, -0.2) is 0 Å². The normalized spacial score (nSPS) is 11.3. The lowest BCUT2D eigenvalue weighted by Gasteiger charge is -2.25. The van der Waals surface area contributed by atoms with E-state index in [1.165, 1.54) is 5.56 Å². The third kappa shape index (κ3) is 5.57. The molecule has 2 aromatic rings. The fraction of sp³-hybridized carbons (Fsp3) is 0.429. The Morgan fingerprint density at radius 3 is 2.29 bits per heavy atom. The Bertz CT molecular complexity index is 623. The van der Waals surface area contributed by atoms with Crippen LogP contribution in [0.25, 0.3) is 0 Å². The van der Waals surface area contributed by atoms with Crippen LogP contribution in [-0.4, -0.2) is 12.1 Å². The van der Waals surface area contributed by atoms with E-state index in [1.54, 1.807) is 0 Å². The lowest BCUT2D eigenvalue weighted by atomic mass is 10.0. The second-order valence-corrected chi connectivity index (χ2v) is 6.58. The number of ether oxygens (including phenoxy) is 2. The molecule has 0 bridgehead atoms. The van der Waals surface area contributed by atoms with Crippen LogP contribution in [0.15, 0.2) is 48.5 Å². The molecule has 0 aromatic heterocycles. The van der Waals surface area contributed by atoms with E-state index in [0.717, 1.165) is 30.0 Å². The molecule has 3 nitrogen and oxygen atoms in total. The van der Waals surface area contributed by atoms with Gasteiger partial charge in [0, 0.05) is 12.1 Å². The van der Waals surface area contributed by atoms with Crippen LogP contribution in [0, 0.1) is 0 Å². The van der Waals surface area contributed by atoms with E-state index in [4.69, 9.17) is 9.47 Å². The molecule has 0 aliphatic heterocycles. The second kappa shape index (κ2) is 8.74. The molecule has 2 rings (SSSR count). The van der Waals surface area contributed by atoms with Gasteiger partial charge in [0.05, 0.1) is 6.61 Å². The molecule has 0 amide bonds. The maximum absolute atomic E-state index is 5.95. The van der Waals surface area contributed by atoms with E-state index in [1.807, 2.05) is 31.2 Å². The fourth-order valence-corrected chi connectivity index (χ4v) is 2.25. The molecular formula is C21H29NO2. The van der Waals surface area contributed by atoms with Crippen LogP contribution < -0.4 is 14.8 Å². The molecule has 0 fully saturated rings. The van der Waals surface area contributed by atoms with Crippen molar-refractivity contribution in [3.8, 4) is 11.5 Å². The summed E-state index contributed by atoms with van der Waals surface area (Å²) in [5, 5.41) is 3.58. The van der Waals surface area contributed by atoms with Crippen molar-refractivity contribution in [2.24, 2.45) is 0 Å². The highest BCUT2D eigenvalue weighted by Gasteiger charge is 2.14. The summed E-state index contributed by atoms with van der Waals surface area (Å²) in [6.07, 6.45) is 1.09. The van der Waals surface area contributed by atoms with Crippen molar-refractivity contribution >= 4 is 0 Å². The Morgan fingerprint density at radius 1 is 0.875 bits per heavy atom. The van der Waals surface area contributed by atoms with Gasteiger partial charge in [0.15, 0.2) is 11.5 Å². The van der Waals surface area contributed by atoms with Crippen molar-refractivity contribution in [2.75, 3.05) is 6.61 Å². The number of hydrogen-bond acceptors (Lipinski definition) is 3. The third-order valence-electron chi connectivity index (χ3n) is 4.20. The second-order valence-electron chi connectivity index (χ2n) is 6.58. The Morgan fingerprint density at radius 2 is 1.62 bits per heavy atom. The van der Waals surface area contributed by atoms with Gasteiger partial charge >= 0.3 is 0 Å². The highest BCUT2D eigenvalue weighted by Crippen LogP contribution is 2.29. The SMILES string of the molecule is CCOc1cc(CNC(C)(C)CC)ccc1OCc1ccccc1. The first-order chi connectivity index (χ1) is 11.5. The number of hydrogen-bond donors (Lipinski definition) is 1. The van der Waals surface area contributed by atoms with E-state index in [2.05, 4.69) is 50.4 Å². The first-order valence-electron chi connectivity index (χ1n) is 8.71. The molecule has 1 N–H and O–H groups in total. The summed E-state index contributed by atoms with van der Waals surface area (Å²) in [5.41, 5.74) is 2.48. The molecule has 0 saturated carbocycles. The average molecular weight is 327 g/mol. The Kier molecular flexibility index (Phi) is 6.68. The predicted molar refractivity (Wildman–Crippen MR) is 99.6 cm³/mol. The highest BCUT2D eigenvalue weighted by molar-refractivity contribution is 5.43. The van der Waals surface area contributed by atoms with Crippen molar-refractivity contribution in [3.63, 3.8) is 0 Å². The molecule has 24 heavy (non-hydrogen) atoms. The molecule has 0 aliphatic rings. The van der Waals surface area contributed by atoms with E-state index >= 15 is 0 Å². The molecule has 3 heteroatoms. The quantitative estimate of drug-likeness (QED) is 0.707. The molecule has 2 aromatic carbocycles. The smallest absolute Gasteiger partial charge is 0.161 e. The molecule has 0 atom stereocenters. The lowest BCUT2D eigenvalue weighted by molar-refractivity contribution is 0.269. The first kappa shape index (κ1) is 18.3. The van der Waals surface area contributed by atoms with Crippen molar-refractivity contribution in [3.05, 3.63) is 59.7 Å². The van der Waals surface area contributed by atoms with Gasteiger partial charge in [-0.1, -0.05) is 43.3 Å². The molecule has 130 valence electrons. The maximum atomic E-state index is 5.95. The minimum Gasteiger partial charge on any atom is -0.490 e. The zero-order chi connectivity index (χ0) is 17.4. The fourth-order valence-electron chi connectivity index (χ4n) is 2.25. The maximum Gasteiger partial charge on any atom is 0.161 e. The van der Waals surface area contributed by atoms with E-state index in [0.29, 0.717) is 13.2 Å². The molecular weight excluding hydrogens is 298 g/mol. The van der Waals surface area contributed by atoms with Gasteiger partial charge in [-0.3, -0.25) is 0 Å². The molecule has 0 unspecified atom stereocenters. The van der Waals surface area contributed by atoms with E-state index in [-0.39, 0.29) is 5.54 Å². The van der Waals surface area contributed by atoms with Crippen molar-refractivity contribution in [1.29, 1.82) is 0 Å². The van der Waals surface area contributed by atoms with E-state index in [9.17, 15) is 0 Å². The standard InChI is InChI=1S/C21H29NO2/c1-5-21(3,4)22-15-18-12-13-19(20(14-18)23-6-2)24-16-17-10-8-7-9-11-17/h7-14,22H,5-6,15-16H2,1-4H3. The predicted octanol–water partition coefficient (Wildman–Crippen LogP) is 4.94. The minimum atomic E-state index is 0.133. The summed E-state index contributed by atoms with van der Waals surface area (Å²) in [5.74, 6) is 1.60. The van der Waals surface area contributed by atoms with Gasteiger partial charge in [-0.15, -0.1) is 0 Å². The molecule has 0 radical (unpaired) electrons. The van der Waals surface area contributed by atoms with Crippen LogP contribution in [-0.2, 0) is 13.2 Å². The monoisotopic (exact) mass is 327 g/mol. The average Bonchev–Trinajstić information content (AvgIpc) is 2.60. The summed E-state index contributed by atoms with van der Waals surface area (Å²) in [6, 6.07) is 16.3. The molecule has 0 saturated heterocycles. The zero-order valence-corrected chi connectivity index (χ0v) is 15.3. The minimum absolute atomic E-state index is 0.133. The van der Waals surface area contributed by atoms with Gasteiger partial charge in [0.1, 0.15) is 6.61 Å². The lowest BCUT2D eigenvalue weighted by Crippen LogP contribution is -2.37. The van der Waals surface area contributed by atoms with Gasteiger partial charge in [0.25, 0.3) is 0 Å². The summed E-state index contributed by atoms with van der Waals surface area (Å²) >= 11 is 0. The Balaban J connectivity index is 2.05. The summed E-state index contributed by atoms with van der Waals surface area (Å²) < 4.78 is 11.7. The number of rotatable bonds is 9. The third-order valence-corrected chi connectivity index (χ3v) is 4.20. The molecule has 0 heterocycles. The van der Waals surface area contributed by atoms with Crippen LogP contribution in [0.3, 0.4) is 0 Å². The largest absolute Gasteiger partial charge is 0.490 e. The van der Waals surface area contributed by atoms with E-state index < -0.39 is 0 Å². The Labute approximate surface area is 146 Å². The highest BCUT2D eigenvalue weighted by atomic mass is 16.5. The summed E-state index contributed by atoms with van der Waals surface area (Å²) in [4.78, 5) is 0. The van der Waals surface area contributed by atoms with Crippen LogP contribution in [0.1, 0.15) is 45.2 Å². The summed E-state index contributed by atoms with van der Waals surface area (Å²) in [6.45, 7) is 10.6. The topological polar surface area (TPSA) is 30.5 Å². The number of nitrogens with one attached hydrogen (secondary N) is 1. The van der Waals surface area contributed by atoms with Gasteiger partial charge in [-0.2, -0.15) is 0 Å². The summed E-state index contributed by atoms with van der Waals surface area (Å²) in [7, 11) is 0. The van der Waals surface area contributed by atoms with Gasteiger partial charge in [0.2, 0.25) is 0 Å². The van der Waals surface area contributed by atoms with Crippen molar-refractivity contribution in [1.82, 2.24) is 5.32 Å². The zero-order valence-electron chi connectivity index (χ0n) is 15.3. The van der Waals surface area contributed by atoms with Gasteiger partial charge < -0.3 is 14.8 Å². The molecule has 0 aliphatic carbocycles.